The molecule has 4 atom stereocenters. The maximum Gasteiger partial charge on any atom is 0.331 e. The van der Waals surface area contributed by atoms with E-state index in [4.69, 9.17) is 4.74 Å². The first-order valence-electron chi connectivity index (χ1n) is 7.47. The Balaban J connectivity index is 1.56. The Bertz CT molecular complexity index is 528. The number of nitrogens with zero attached hydrogens (tertiary/aromatic N) is 1. The Labute approximate surface area is 125 Å². The highest BCUT2D eigenvalue weighted by Gasteiger charge is 2.45. The summed E-state index contributed by atoms with van der Waals surface area (Å²) in [5.41, 5.74) is 0.980. The number of carbonyl (C=O) groups excluding carboxylic acids is 1. The average Bonchev–Trinajstić information content (AvgIpc) is 2.65. The Morgan fingerprint density at radius 2 is 2.05 bits per heavy atom. The molecular weight excluding hydrogens is 266 g/mol. The quantitative estimate of drug-likeness (QED) is 0.681. The molecule has 2 saturated heterocycles. The van der Waals surface area contributed by atoms with Crippen molar-refractivity contribution in [2.45, 2.75) is 43.6 Å². The summed E-state index contributed by atoms with van der Waals surface area (Å²) in [5, 5.41) is 9.98. The summed E-state index contributed by atoms with van der Waals surface area (Å²) in [6, 6.07) is 10.1. The van der Waals surface area contributed by atoms with Gasteiger partial charge in [0.05, 0.1) is 6.10 Å². The van der Waals surface area contributed by atoms with E-state index in [0.29, 0.717) is 6.04 Å². The van der Waals surface area contributed by atoms with Crippen molar-refractivity contribution in [2.24, 2.45) is 0 Å². The van der Waals surface area contributed by atoms with Crippen molar-refractivity contribution in [1.29, 1.82) is 0 Å². The van der Waals surface area contributed by atoms with Gasteiger partial charge in [0.1, 0.15) is 6.10 Å². The first-order valence-corrected chi connectivity index (χ1v) is 7.47. The molecule has 0 amide bonds. The van der Waals surface area contributed by atoms with Crippen LogP contribution in [0.4, 0.5) is 0 Å². The molecule has 1 aromatic rings. The lowest BCUT2D eigenvalue weighted by atomic mass is 10.0. The van der Waals surface area contributed by atoms with Gasteiger partial charge in [-0.25, -0.2) is 4.79 Å². The molecule has 0 aromatic heterocycles. The normalized spacial score (nSPS) is 32.5. The summed E-state index contributed by atoms with van der Waals surface area (Å²) in [6.45, 7) is 0. The lowest BCUT2D eigenvalue weighted by molar-refractivity contribution is -0.146. The van der Waals surface area contributed by atoms with Crippen LogP contribution in [0.25, 0.3) is 6.08 Å². The molecule has 112 valence electrons. The number of piperidine rings is 1. The summed E-state index contributed by atoms with van der Waals surface area (Å²) in [5.74, 6) is -0.303. The van der Waals surface area contributed by atoms with Crippen LogP contribution in [-0.2, 0) is 9.53 Å². The number of hydrogen-bond donors (Lipinski definition) is 1. The fraction of sp³-hybridized carbons (Fsp3) is 0.471. The molecule has 2 heterocycles. The zero-order valence-electron chi connectivity index (χ0n) is 12.2. The maximum absolute atomic E-state index is 11.9. The summed E-state index contributed by atoms with van der Waals surface area (Å²) in [4.78, 5) is 14.1. The van der Waals surface area contributed by atoms with Crippen molar-refractivity contribution in [3.05, 3.63) is 42.0 Å². The SMILES string of the molecule is CN1[C@@H]2C[C@@H](OC(=O)/C=C/c3ccccc3)C[C@H]1[C@H](O)C2. The topological polar surface area (TPSA) is 49.8 Å². The third-order valence-corrected chi connectivity index (χ3v) is 4.59. The van der Waals surface area contributed by atoms with E-state index >= 15 is 0 Å². The number of aliphatic hydroxyl groups is 1. The number of hydrogen-bond acceptors (Lipinski definition) is 4. The molecule has 0 radical (unpaired) electrons. The van der Waals surface area contributed by atoms with Gasteiger partial charge < -0.3 is 9.84 Å². The summed E-state index contributed by atoms with van der Waals surface area (Å²) >= 11 is 0. The number of esters is 1. The molecule has 2 aliphatic heterocycles. The number of ether oxygens (including phenoxy) is 1. The van der Waals surface area contributed by atoms with Gasteiger partial charge in [-0.05, 0) is 25.1 Å². The van der Waals surface area contributed by atoms with Gasteiger partial charge in [-0.15, -0.1) is 0 Å². The van der Waals surface area contributed by atoms with E-state index in [1.807, 2.05) is 37.4 Å². The molecule has 4 nitrogen and oxygen atoms in total. The van der Waals surface area contributed by atoms with Crippen LogP contribution in [0.2, 0.25) is 0 Å². The molecule has 0 spiro atoms. The van der Waals surface area contributed by atoms with Crippen LogP contribution < -0.4 is 0 Å². The van der Waals surface area contributed by atoms with Gasteiger partial charge in [0.15, 0.2) is 0 Å². The van der Waals surface area contributed by atoms with E-state index in [1.54, 1.807) is 6.08 Å². The minimum atomic E-state index is -0.303. The van der Waals surface area contributed by atoms with Crippen molar-refractivity contribution in [2.75, 3.05) is 7.05 Å². The van der Waals surface area contributed by atoms with Crippen LogP contribution in [0.1, 0.15) is 24.8 Å². The molecule has 21 heavy (non-hydrogen) atoms. The van der Waals surface area contributed by atoms with Gasteiger partial charge in [-0.3, -0.25) is 4.90 Å². The first-order chi connectivity index (χ1) is 10.1. The second-order valence-electron chi connectivity index (χ2n) is 5.96. The molecule has 0 aliphatic carbocycles. The molecule has 0 unspecified atom stereocenters. The number of fused-ring (bicyclic) bond motifs is 2. The summed E-state index contributed by atoms with van der Waals surface area (Å²) in [7, 11) is 2.04. The van der Waals surface area contributed by atoms with Crippen LogP contribution in [-0.4, -0.2) is 47.3 Å². The highest BCUT2D eigenvalue weighted by molar-refractivity contribution is 5.87. The highest BCUT2D eigenvalue weighted by Crippen LogP contribution is 2.35. The smallest absolute Gasteiger partial charge is 0.331 e. The van der Waals surface area contributed by atoms with Crippen LogP contribution in [0.3, 0.4) is 0 Å². The standard InChI is InChI=1S/C17H21NO3/c1-18-13-9-14(11-15(18)16(19)10-13)21-17(20)8-7-12-5-3-2-4-6-12/h2-8,13-16,19H,9-11H2,1H3/b8-7+/t13-,14-,15+,16-/m1/s1. The van der Waals surface area contributed by atoms with Crippen LogP contribution in [0.5, 0.6) is 0 Å². The Kier molecular flexibility index (Phi) is 4.08. The fourth-order valence-corrected chi connectivity index (χ4v) is 3.43. The lowest BCUT2D eigenvalue weighted by Crippen LogP contribution is -2.45. The van der Waals surface area contributed by atoms with E-state index in [9.17, 15) is 9.90 Å². The predicted molar refractivity (Wildman–Crippen MR) is 80.6 cm³/mol. The number of aliphatic hydroxyl groups excluding tert-OH is 1. The largest absolute Gasteiger partial charge is 0.459 e. The second-order valence-corrected chi connectivity index (χ2v) is 5.96. The van der Waals surface area contributed by atoms with Crippen LogP contribution in [0.15, 0.2) is 36.4 Å². The highest BCUT2D eigenvalue weighted by atomic mass is 16.5. The Hall–Kier alpha value is -1.65. The fourth-order valence-electron chi connectivity index (χ4n) is 3.43. The number of benzene rings is 1. The third-order valence-electron chi connectivity index (χ3n) is 4.59. The summed E-state index contributed by atoms with van der Waals surface area (Å²) in [6.07, 6.45) is 5.19. The molecule has 3 rings (SSSR count). The number of rotatable bonds is 3. The molecule has 1 aromatic carbocycles. The molecule has 0 saturated carbocycles. The van der Waals surface area contributed by atoms with E-state index in [2.05, 4.69) is 4.90 Å². The van der Waals surface area contributed by atoms with Gasteiger partial charge in [-0.2, -0.15) is 0 Å². The van der Waals surface area contributed by atoms with Crippen LogP contribution in [0, 0.1) is 0 Å². The van der Waals surface area contributed by atoms with E-state index in [0.717, 1.165) is 24.8 Å². The van der Waals surface area contributed by atoms with Gasteiger partial charge >= 0.3 is 5.97 Å². The average molecular weight is 287 g/mol. The predicted octanol–water partition coefficient (Wildman–Crippen LogP) is 1.84. The monoisotopic (exact) mass is 287 g/mol. The Morgan fingerprint density at radius 3 is 2.76 bits per heavy atom. The molecule has 2 aliphatic rings. The van der Waals surface area contributed by atoms with Crippen molar-refractivity contribution >= 4 is 12.0 Å². The minimum absolute atomic E-state index is 0.0822. The minimum Gasteiger partial charge on any atom is -0.459 e. The van der Waals surface area contributed by atoms with Crippen molar-refractivity contribution in [3.63, 3.8) is 0 Å². The maximum atomic E-state index is 11.9. The summed E-state index contributed by atoms with van der Waals surface area (Å²) < 4.78 is 5.53. The molecule has 2 fully saturated rings. The van der Waals surface area contributed by atoms with Crippen LogP contribution >= 0.6 is 0 Å². The van der Waals surface area contributed by atoms with Gasteiger partial charge in [0, 0.05) is 31.0 Å². The third kappa shape index (κ3) is 3.17. The van der Waals surface area contributed by atoms with E-state index in [-0.39, 0.29) is 24.2 Å². The Morgan fingerprint density at radius 1 is 1.29 bits per heavy atom. The van der Waals surface area contributed by atoms with Crippen molar-refractivity contribution in [1.82, 2.24) is 4.90 Å². The van der Waals surface area contributed by atoms with Crippen molar-refractivity contribution in [3.8, 4) is 0 Å². The van der Waals surface area contributed by atoms with Gasteiger partial charge in [-0.1, -0.05) is 30.3 Å². The zero-order chi connectivity index (χ0) is 14.8. The lowest BCUT2D eigenvalue weighted by Gasteiger charge is -2.35. The molecule has 4 heteroatoms. The number of carbonyl (C=O) groups is 1. The zero-order valence-corrected chi connectivity index (χ0v) is 12.2. The molecule has 2 bridgehead atoms. The molecule has 1 N–H and O–H groups in total. The number of likely N-dealkylation sites (N-methyl/N-ethyl adjacent to an activating group) is 1. The van der Waals surface area contributed by atoms with Gasteiger partial charge in [0.25, 0.3) is 0 Å². The molecular formula is C17H21NO3. The first kappa shape index (κ1) is 14.3. The van der Waals surface area contributed by atoms with E-state index in [1.165, 1.54) is 6.08 Å². The van der Waals surface area contributed by atoms with E-state index < -0.39 is 0 Å². The van der Waals surface area contributed by atoms with Gasteiger partial charge in [0.2, 0.25) is 0 Å². The second kappa shape index (κ2) is 6.00. The van der Waals surface area contributed by atoms with Crippen molar-refractivity contribution < 1.29 is 14.6 Å².